The van der Waals surface area contributed by atoms with Gasteiger partial charge < -0.3 is 9.32 Å². The molecule has 4 heteroatoms. The molecule has 1 atom stereocenters. The minimum atomic E-state index is -0.152. The minimum Gasteiger partial charge on any atom is -0.472 e. The van der Waals surface area contributed by atoms with Crippen LogP contribution in [0.4, 0.5) is 0 Å². The van der Waals surface area contributed by atoms with Crippen molar-refractivity contribution in [3.63, 3.8) is 0 Å². The van der Waals surface area contributed by atoms with Crippen molar-refractivity contribution in [1.29, 1.82) is 5.26 Å². The predicted octanol–water partition coefficient (Wildman–Crippen LogP) is 1.90. The number of furan rings is 1. The second-order valence-electron chi connectivity index (χ2n) is 3.39. The van der Waals surface area contributed by atoms with Crippen LogP contribution < -0.4 is 0 Å². The second kappa shape index (κ2) is 5.20. The summed E-state index contributed by atoms with van der Waals surface area (Å²) in [5, 5.41) is 8.69. The summed E-state index contributed by atoms with van der Waals surface area (Å²) in [7, 11) is 0. The molecule has 0 aliphatic carbocycles. The van der Waals surface area contributed by atoms with Gasteiger partial charge in [-0.15, -0.1) is 0 Å². The average molecular weight is 206 g/mol. The number of rotatable bonds is 4. The number of nitrogens with zero attached hydrogens (tertiary/aromatic N) is 2. The molecule has 0 aromatic carbocycles. The molecule has 1 heterocycles. The third kappa shape index (κ3) is 2.84. The van der Waals surface area contributed by atoms with Gasteiger partial charge in [0, 0.05) is 13.1 Å². The van der Waals surface area contributed by atoms with Crippen LogP contribution in [0.1, 0.15) is 24.2 Å². The lowest BCUT2D eigenvalue weighted by Crippen LogP contribution is -2.34. The molecule has 0 radical (unpaired) electrons. The van der Waals surface area contributed by atoms with Gasteiger partial charge in [0.1, 0.15) is 6.26 Å². The highest BCUT2D eigenvalue weighted by atomic mass is 16.3. The van der Waals surface area contributed by atoms with Crippen LogP contribution in [0.5, 0.6) is 0 Å². The van der Waals surface area contributed by atoms with Gasteiger partial charge in [-0.05, 0) is 19.9 Å². The lowest BCUT2D eigenvalue weighted by Gasteiger charge is -2.20. The first kappa shape index (κ1) is 11.3. The van der Waals surface area contributed by atoms with E-state index in [1.807, 2.05) is 6.92 Å². The molecule has 0 aliphatic rings. The van der Waals surface area contributed by atoms with Gasteiger partial charge in [-0.2, -0.15) is 5.26 Å². The first-order valence-electron chi connectivity index (χ1n) is 4.90. The molecule has 4 nitrogen and oxygen atoms in total. The van der Waals surface area contributed by atoms with Gasteiger partial charge in [0.15, 0.2) is 0 Å². The van der Waals surface area contributed by atoms with Gasteiger partial charge in [0.05, 0.1) is 23.8 Å². The highest BCUT2D eigenvalue weighted by Gasteiger charge is 2.17. The molecule has 0 fully saturated rings. The van der Waals surface area contributed by atoms with Gasteiger partial charge in [-0.3, -0.25) is 4.79 Å². The van der Waals surface area contributed by atoms with Crippen LogP contribution >= 0.6 is 0 Å². The Kier molecular flexibility index (Phi) is 3.92. The average Bonchev–Trinajstić information content (AvgIpc) is 2.77. The van der Waals surface area contributed by atoms with Crippen molar-refractivity contribution in [3.05, 3.63) is 24.2 Å². The van der Waals surface area contributed by atoms with Crippen molar-refractivity contribution in [1.82, 2.24) is 4.90 Å². The molecule has 0 spiro atoms. The van der Waals surface area contributed by atoms with E-state index in [0.29, 0.717) is 18.7 Å². The van der Waals surface area contributed by atoms with E-state index in [4.69, 9.17) is 9.68 Å². The van der Waals surface area contributed by atoms with Crippen LogP contribution in [0.3, 0.4) is 0 Å². The topological polar surface area (TPSA) is 57.2 Å². The van der Waals surface area contributed by atoms with E-state index in [1.165, 1.54) is 12.5 Å². The summed E-state index contributed by atoms with van der Waals surface area (Å²) >= 11 is 0. The first-order chi connectivity index (χ1) is 7.19. The summed E-state index contributed by atoms with van der Waals surface area (Å²) in [5.74, 6) is -0.242. The van der Waals surface area contributed by atoms with Gasteiger partial charge >= 0.3 is 0 Å². The first-order valence-corrected chi connectivity index (χ1v) is 4.90. The van der Waals surface area contributed by atoms with E-state index in [9.17, 15) is 4.79 Å². The lowest BCUT2D eigenvalue weighted by molar-refractivity contribution is 0.0752. The molecular weight excluding hydrogens is 192 g/mol. The zero-order valence-corrected chi connectivity index (χ0v) is 8.93. The Hall–Kier alpha value is -1.76. The van der Waals surface area contributed by atoms with E-state index >= 15 is 0 Å². The normalized spacial score (nSPS) is 11.8. The predicted molar refractivity (Wildman–Crippen MR) is 55.1 cm³/mol. The largest absolute Gasteiger partial charge is 0.472 e. The Morgan fingerprint density at radius 3 is 2.93 bits per heavy atom. The number of hydrogen-bond acceptors (Lipinski definition) is 3. The maximum Gasteiger partial charge on any atom is 0.257 e. The van der Waals surface area contributed by atoms with E-state index in [-0.39, 0.29) is 11.8 Å². The zero-order chi connectivity index (χ0) is 11.3. The summed E-state index contributed by atoms with van der Waals surface area (Å²) in [6.45, 7) is 4.74. The number of nitriles is 1. The summed E-state index contributed by atoms with van der Waals surface area (Å²) in [4.78, 5) is 13.5. The van der Waals surface area contributed by atoms with Crippen LogP contribution in [0.2, 0.25) is 0 Å². The maximum absolute atomic E-state index is 11.8. The molecule has 0 N–H and O–H groups in total. The Balaban J connectivity index is 2.68. The third-order valence-corrected chi connectivity index (χ3v) is 2.15. The van der Waals surface area contributed by atoms with Crippen LogP contribution in [-0.2, 0) is 0 Å². The van der Waals surface area contributed by atoms with Crippen LogP contribution in [-0.4, -0.2) is 23.9 Å². The number of carbonyl (C=O) groups is 1. The Morgan fingerprint density at radius 1 is 1.73 bits per heavy atom. The molecule has 1 amide bonds. The van der Waals surface area contributed by atoms with Gasteiger partial charge in [-0.1, -0.05) is 0 Å². The summed E-state index contributed by atoms with van der Waals surface area (Å²) in [6, 6.07) is 3.74. The molecule has 15 heavy (non-hydrogen) atoms. The second-order valence-corrected chi connectivity index (χ2v) is 3.39. The third-order valence-electron chi connectivity index (χ3n) is 2.15. The van der Waals surface area contributed by atoms with E-state index < -0.39 is 0 Å². The van der Waals surface area contributed by atoms with Gasteiger partial charge in [0.2, 0.25) is 0 Å². The van der Waals surface area contributed by atoms with Crippen molar-refractivity contribution in [2.24, 2.45) is 5.92 Å². The van der Waals surface area contributed by atoms with Crippen molar-refractivity contribution in [2.75, 3.05) is 13.1 Å². The van der Waals surface area contributed by atoms with Crippen LogP contribution in [0.15, 0.2) is 23.0 Å². The highest BCUT2D eigenvalue weighted by molar-refractivity contribution is 5.93. The van der Waals surface area contributed by atoms with E-state index in [1.54, 1.807) is 17.9 Å². The monoisotopic (exact) mass is 206 g/mol. The lowest BCUT2D eigenvalue weighted by atomic mass is 10.2. The summed E-state index contributed by atoms with van der Waals surface area (Å²) in [6.07, 6.45) is 2.89. The molecule has 1 rings (SSSR count). The fourth-order valence-corrected chi connectivity index (χ4v) is 1.30. The fraction of sp³-hybridized carbons (Fsp3) is 0.455. The zero-order valence-electron chi connectivity index (χ0n) is 8.93. The van der Waals surface area contributed by atoms with Crippen molar-refractivity contribution in [2.45, 2.75) is 13.8 Å². The maximum atomic E-state index is 11.8. The minimum absolute atomic E-state index is 0.0895. The highest BCUT2D eigenvalue weighted by Crippen LogP contribution is 2.07. The molecule has 1 aromatic heterocycles. The molecule has 1 unspecified atom stereocenters. The Labute approximate surface area is 89.1 Å². The standard InChI is InChI=1S/C11H14N2O2/c1-3-13(7-9(2)6-12)11(14)10-4-5-15-8-10/h4-5,8-9H,3,7H2,1-2H3. The van der Waals surface area contributed by atoms with E-state index in [0.717, 1.165) is 0 Å². The number of amides is 1. The Morgan fingerprint density at radius 2 is 2.47 bits per heavy atom. The van der Waals surface area contributed by atoms with E-state index in [2.05, 4.69) is 6.07 Å². The molecule has 80 valence electrons. The van der Waals surface area contributed by atoms with Crippen LogP contribution in [0, 0.1) is 17.2 Å². The van der Waals surface area contributed by atoms with Gasteiger partial charge in [0.25, 0.3) is 5.91 Å². The quantitative estimate of drug-likeness (QED) is 0.756. The summed E-state index contributed by atoms with van der Waals surface area (Å²) in [5.41, 5.74) is 0.530. The fourth-order valence-electron chi connectivity index (χ4n) is 1.30. The smallest absolute Gasteiger partial charge is 0.257 e. The van der Waals surface area contributed by atoms with Crippen LogP contribution in [0.25, 0.3) is 0 Å². The number of hydrogen-bond donors (Lipinski definition) is 0. The van der Waals surface area contributed by atoms with Crippen molar-refractivity contribution in [3.8, 4) is 6.07 Å². The molecule has 1 aromatic rings. The summed E-state index contributed by atoms with van der Waals surface area (Å²) < 4.78 is 4.85. The Bertz CT molecular complexity index is 351. The number of carbonyl (C=O) groups excluding carboxylic acids is 1. The van der Waals surface area contributed by atoms with Crippen molar-refractivity contribution < 1.29 is 9.21 Å². The molecule has 0 aliphatic heterocycles. The molecule has 0 saturated carbocycles. The van der Waals surface area contributed by atoms with Crippen molar-refractivity contribution >= 4 is 5.91 Å². The molecule has 0 bridgehead atoms. The SMILES string of the molecule is CCN(CC(C)C#N)C(=O)c1ccoc1. The van der Waals surface area contributed by atoms with Gasteiger partial charge in [-0.25, -0.2) is 0 Å². The molecule has 0 saturated heterocycles. The molecular formula is C11H14N2O2.